The van der Waals surface area contributed by atoms with Gasteiger partial charge in [0.25, 0.3) is 0 Å². The molecule has 0 spiro atoms. The molecule has 116 valence electrons. The van der Waals surface area contributed by atoms with Gasteiger partial charge in [0.2, 0.25) is 0 Å². The Morgan fingerprint density at radius 1 is 1.43 bits per heavy atom. The van der Waals surface area contributed by atoms with Crippen LogP contribution in [0.5, 0.6) is 0 Å². The number of amides is 1. The number of carboxylic acid groups (broad SMARTS) is 1. The molecule has 1 atom stereocenters. The zero-order valence-electron chi connectivity index (χ0n) is 11.9. The summed E-state index contributed by atoms with van der Waals surface area (Å²) in [7, 11) is 0. The second kappa shape index (κ2) is 6.89. The number of aliphatic carboxylic acids is 1. The summed E-state index contributed by atoms with van der Waals surface area (Å²) in [5.41, 5.74) is -0.647. The summed E-state index contributed by atoms with van der Waals surface area (Å²) in [5, 5.41) is 11.3. The number of nitrogens with one attached hydrogen (secondary N) is 1. The van der Waals surface area contributed by atoms with Gasteiger partial charge >= 0.3 is 12.1 Å². The zero-order chi connectivity index (χ0) is 16.2. The van der Waals surface area contributed by atoms with Gasteiger partial charge in [0.15, 0.2) is 0 Å². The van der Waals surface area contributed by atoms with Crippen molar-refractivity contribution in [2.45, 2.75) is 38.8 Å². The van der Waals surface area contributed by atoms with Crippen LogP contribution < -0.4 is 5.32 Å². The molecule has 0 unspecified atom stereocenters. The fourth-order valence-electron chi connectivity index (χ4n) is 1.64. The van der Waals surface area contributed by atoms with Crippen LogP contribution in [-0.4, -0.2) is 22.8 Å². The topological polar surface area (TPSA) is 75.6 Å². The maximum Gasteiger partial charge on any atom is 0.408 e. The summed E-state index contributed by atoms with van der Waals surface area (Å²) in [5.74, 6) is -1.75. The maximum atomic E-state index is 13.9. The Balaban J connectivity index is 2.98. The lowest BCUT2D eigenvalue weighted by Crippen LogP contribution is -2.36. The van der Waals surface area contributed by atoms with E-state index in [9.17, 15) is 14.0 Å². The predicted molar refractivity (Wildman–Crippen MR) is 78.5 cm³/mol. The molecule has 0 bridgehead atoms. The van der Waals surface area contributed by atoms with Gasteiger partial charge in [0, 0.05) is 10.0 Å². The van der Waals surface area contributed by atoms with Crippen molar-refractivity contribution >= 4 is 28.0 Å². The standard InChI is InChI=1S/C14H17BrFNO4/c1-14(2,3)21-13(20)17-11(7-12(18)19)9-6-8(15)4-5-10(9)16/h4-6,11H,7H2,1-3H3,(H,17,20)(H,18,19)/t11-/m1/s1. The van der Waals surface area contributed by atoms with Crippen LogP contribution in [0, 0.1) is 5.82 Å². The van der Waals surface area contributed by atoms with Crippen LogP contribution in [0.15, 0.2) is 22.7 Å². The Kier molecular flexibility index (Phi) is 5.71. The van der Waals surface area contributed by atoms with Gasteiger partial charge in [-0.2, -0.15) is 0 Å². The van der Waals surface area contributed by atoms with Gasteiger partial charge in [-0.25, -0.2) is 9.18 Å². The minimum absolute atomic E-state index is 0.0811. The van der Waals surface area contributed by atoms with E-state index in [-0.39, 0.29) is 5.56 Å². The first-order chi connectivity index (χ1) is 9.58. The Bertz CT molecular complexity index is 542. The van der Waals surface area contributed by atoms with Crippen LogP contribution in [0.3, 0.4) is 0 Å². The van der Waals surface area contributed by atoms with Gasteiger partial charge in [0.05, 0.1) is 12.5 Å². The van der Waals surface area contributed by atoms with Gasteiger partial charge in [-0.3, -0.25) is 4.79 Å². The second-order valence-electron chi connectivity index (χ2n) is 5.46. The van der Waals surface area contributed by atoms with Crippen molar-refractivity contribution in [3.8, 4) is 0 Å². The van der Waals surface area contributed by atoms with Gasteiger partial charge < -0.3 is 15.2 Å². The van der Waals surface area contributed by atoms with Crippen molar-refractivity contribution in [3.05, 3.63) is 34.1 Å². The first-order valence-corrected chi connectivity index (χ1v) is 7.04. The molecule has 7 heteroatoms. The fraction of sp³-hybridized carbons (Fsp3) is 0.429. The summed E-state index contributed by atoms with van der Waals surface area (Å²) in [4.78, 5) is 22.7. The summed E-state index contributed by atoms with van der Waals surface area (Å²) >= 11 is 3.19. The fourth-order valence-corrected chi connectivity index (χ4v) is 2.02. The van der Waals surface area contributed by atoms with Crippen LogP contribution in [0.4, 0.5) is 9.18 Å². The zero-order valence-corrected chi connectivity index (χ0v) is 13.5. The van der Waals surface area contributed by atoms with E-state index in [1.54, 1.807) is 20.8 Å². The highest BCUT2D eigenvalue weighted by Crippen LogP contribution is 2.24. The lowest BCUT2D eigenvalue weighted by molar-refractivity contribution is -0.137. The Hall–Kier alpha value is -1.63. The van der Waals surface area contributed by atoms with Crippen molar-refractivity contribution in [2.75, 3.05) is 0 Å². The monoisotopic (exact) mass is 361 g/mol. The van der Waals surface area contributed by atoms with Crippen LogP contribution in [0.2, 0.25) is 0 Å². The Labute approximate surface area is 130 Å². The first-order valence-electron chi connectivity index (χ1n) is 6.25. The number of hydrogen-bond acceptors (Lipinski definition) is 3. The average Bonchev–Trinajstić information content (AvgIpc) is 2.28. The van der Waals surface area contributed by atoms with Gasteiger partial charge in [-0.05, 0) is 39.0 Å². The van der Waals surface area contributed by atoms with E-state index in [2.05, 4.69) is 21.2 Å². The number of ether oxygens (including phenoxy) is 1. The molecule has 21 heavy (non-hydrogen) atoms. The quantitative estimate of drug-likeness (QED) is 0.858. The number of carbonyl (C=O) groups is 2. The highest BCUT2D eigenvalue weighted by molar-refractivity contribution is 9.10. The molecule has 0 radical (unpaired) electrons. The lowest BCUT2D eigenvalue weighted by atomic mass is 10.0. The largest absolute Gasteiger partial charge is 0.481 e. The number of benzene rings is 1. The highest BCUT2D eigenvalue weighted by atomic mass is 79.9. The summed E-state index contributed by atoms with van der Waals surface area (Å²) in [6.07, 6.45) is -1.25. The third kappa shape index (κ3) is 6.12. The molecule has 0 aliphatic heterocycles. The summed E-state index contributed by atoms with van der Waals surface area (Å²) in [6.45, 7) is 5.04. The Morgan fingerprint density at radius 3 is 2.57 bits per heavy atom. The normalized spacial score (nSPS) is 12.6. The molecule has 1 aromatic rings. The molecule has 2 N–H and O–H groups in total. The van der Waals surface area contributed by atoms with E-state index in [0.29, 0.717) is 4.47 Å². The summed E-state index contributed by atoms with van der Waals surface area (Å²) < 4.78 is 19.5. The van der Waals surface area contributed by atoms with Crippen molar-refractivity contribution in [2.24, 2.45) is 0 Å². The van der Waals surface area contributed by atoms with Gasteiger partial charge in [0.1, 0.15) is 11.4 Å². The number of carboxylic acids is 1. The van der Waals surface area contributed by atoms with E-state index in [4.69, 9.17) is 9.84 Å². The van der Waals surface area contributed by atoms with Crippen molar-refractivity contribution in [1.82, 2.24) is 5.32 Å². The van der Waals surface area contributed by atoms with Gasteiger partial charge in [-0.15, -0.1) is 0 Å². The molecule has 0 aromatic heterocycles. The SMILES string of the molecule is CC(C)(C)OC(=O)N[C@H](CC(=O)O)c1cc(Br)ccc1F. The third-order valence-corrected chi connectivity index (χ3v) is 2.90. The number of alkyl carbamates (subject to hydrolysis) is 1. The van der Waals surface area contributed by atoms with E-state index in [1.807, 2.05) is 0 Å². The highest BCUT2D eigenvalue weighted by Gasteiger charge is 2.24. The number of rotatable bonds is 4. The molecular formula is C14H17BrFNO4. The molecule has 1 aromatic carbocycles. The molecule has 0 saturated heterocycles. The second-order valence-corrected chi connectivity index (χ2v) is 6.38. The van der Waals surface area contributed by atoms with Crippen LogP contribution in [0.25, 0.3) is 0 Å². The van der Waals surface area contributed by atoms with Crippen LogP contribution in [0.1, 0.15) is 38.8 Å². The number of hydrogen-bond donors (Lipinski definition) is 2. The Morgan fingerprint density at radius 2 is 2.05 bits per heavy atom. The van der Waals surface area contributed by atoms with Gasteiger partial charge in [-0.1, -0.05) is 15.9 Å². The molecule has 1 amide bonds. The predicted octanol–water partition coefficient (Wildman–Crippen LogP) is 3.63. The van der Waals surface area contributed by atoms with E-state index >= 15 is 0 Å². The maximum absolute atomic E-state index is 13.9. The third-order valence-electron chi connectivity index (χ3n) is 2.40. The molecule has 5 nitrogen and oxygen atoms in total. The van der Waals surface area contributed by atoms with E-state index in [0.717, 1.165) is 0 Å². The van der Waals surface area contributed by atoms with Crippen molar-refractivity contribution < 1.29 is 23.8 Å². The molecule has 0 aliphatic rings. The average molecular weight is 362 g/mol. The molecular weight excluding hydrogens is 345 g/mol. The van der Waals surface area contributed by atoms with E-state index < -0.39 is 35.9 Å². The first kappa shape index (κ1) is 17.4. The van der Waals surface area contributed by atoms with E-state index in [1.165, 1.54) is 18.2 Å². The molecule has 0 saturated carbocycles. The van der Waals surface area contributed by atoms with Crippen LogP contribution in [-0.2, 0) is 9.53 Å². The van der Waals surface area contributed by atoms with Crippen molar-refractivity contribution in [1.29, 1.82) is 0 Å². The summed E-state index contributed by atoms with van der Waals surface area (Å²) in [6, 6.07) is 3.10. The number of carbonyl (C=O) groups excluding carboxylic acids is 1. The smallest absolute Gasteiger partial charge is 0.408 e. The number of halogens is 2. The molecule has 0 heterocycles. The minimum Gasteiger partial charge on any atom is -0.481 e. The minimum atomic E-state index is -1.16. The lowest BCUT2D eigenvalue weighted by Gasteiger charge is -2.23. The van der Waals surface area contributed by atoms with Crippen molar-refractivity contribution in [3.63, 3.8) is 0 Å². The molecule has 0 aliphatic carbocycles. The molecule has 1 rings (SSSR count). The van der Waals surface area contributed by atoms with Crippen LogP contribution >= 0.6 is 15.9 Å². The molecule has 0 fully saturated rings.